The average Bonchev–Trinajstić information content (AvgIpc) is 2.89. The molecule has 92 valence electrons. The van der Waals surface area contributed by atoms with Gasteiger partial charge in [-0.2, -0.15) is 5.26 Å². The van der Waals surface area contributed by atoms with Crippen molar-refractivity contribution in [1.82, 2.24) is 14.1 Å². The first-order chi connectivity index (χ1) is 8.54. The van der Waals surface area contributed by atoms with Gasteiger partial charge in [-0.15, -0.1) is 0 Å². The van der Waals surface area contributed by atoms with Crippen molar-refractivity contribution in [3.8, 4) is 6.07 Å². The molecule has 18 heavy (non-hydrogen) atoms. The van der Waals surface area contributed by atoms with Crippen molar-refractivity contribution in [1.29, 1.82) is 5.26 Å². The van der Waals surface area contributed by atoms with Crippen molar-refractivity contribution in [2.24, 2.45) is 7.05 Å². The lowest BCUT2D eigenvalue weighted by atomic mass is 10.1. The monoisotopic (exact) mass is 242 g/mol. The first kappa shape index (κ1) is 12.1. The smallest absolute Gasteiger partial charge is 0.213 e. The standard InChI is InChI=1S/C13H14N4O/c1-9-6-11(10(2)16(9)3)12(18)8-17-5-4-15-13(17)7-14/h4-6H,8H2,1-3H3. The molecule has 5 heteroatoms. The highest BCUT2D eigenvalue weighted by Crippen LogP contribution is 2.15. The Morgan fingerprint density at radius 2 is 2.22 bits per heavy atom. The van der Waals surface area contributed by atoms with Crippen LogP contribution in [0, 0.1) is 25.2 Å². The summed E-state index contributed by atoms with van der Waals surface area (Å²) >= 11 is 0. The number of carbonyl (C=O) groups excluding carboxylic acids is 1. The third-order valence-electron chi connectivity index (χ3n) is 3.21. The molecule has 0 aliphatic rings. The number of nitrogens with zero attached hydrogens (tertiary/aromatic N) is 4. The zero-order valence-electron chi connectivity index (χ0n) is 10.6. The summed E-state index contributed by atoms with van der Waals surface area (Å²) < 4.78 is 3.54. The van der Waals surface area contributed by atoms with E-state index in [4.69, 9.17) is 5.26 Å². The number of ketones is 1. The summed E-state index contributed by atoms with van der Waals surface area (Å²) in [5, 5.41) is 8.84. The van der Waals surface area contributed by atoms with Crippen LogP contribution in [0.3, 0.4) is 0 Å². The fourth-order valence-corrected chi connectivity index (χ4v) is 1.93. The molecule has 0 spiro atoms. The van der Waals surface area contributed by atoms with Gasteiger partial charge in [0.1, 0.15) is 6.07 Å². The van der Waals surface area contributed by atoms with Crippen molar-refractivity contribution in [3.63, 3.8) is 0 Å². The third kappa shape index (κ3) is 1.93. The zero-order valence-corrected chi connectivity index (χ0v) is 10.6. The summed E-state index contributed by atoms with van der Waals surface area (Å²) in [6.07, 6.45) is 3.16. The van der Waals surface area contributed by atoms with E-state index in [9.17, 15) is 4.79 Å². The summed E-state index contributed by atoms with van der Waals surface area (Å²) in [5.74, 6) is 0.249. The van der Waals surface area contributed by atoms with Crippen molar-refractivity contribution in [2.75, 3.05) is 0 Å². The highest BCUT2D eigenvalue weighted by Gasteiger charge is 2.15. The van der Waals surface area contributed by atoms with Crippen LogP contribution in [0.15, 0.2) is 18.5 Å². The molecule has 0 bridgehead atoms. The lowest BCUT2D eigenvalue weighted by molar-refractivity contribution is 0.0971. The molecular weight excluding hydrogens is 228 g/mol. The van der Waals surface area contributed by atoms with Gasteiger partial charge < -0.3 is 9.13 Å². The van der Waals surface area contributed by atoms with E-state index in [1.54, 1.807) is 10.8 Å². The fourth-order valence-electron chi connectivity index (χ4n) is 1.93. The second-order valence-electron chi connectivity index (χ2n) is 4.26. The third-order valence-corrected chi connectivity index (χ3v) is 3.21. The number of imidazole rings is 1. The molecule has 0 amide bonds. The zero-order chi connectivity index (χ0) is 13.3. The van der Waals surface area contributed by atoms with Crippen molar-refractivity contribution in [2.45, 2.75) is 20.4 Å². The molecule has 0 aromatic carbocycles. The Morgan fingerprint density at radius 3 is 2.78 bits per heavy atom. The minimum Gasteiger partial charge on any atom is -0.351 e. The Morgan fingerprint density at radius 1 is 1.50 bits per heavy atom. The molecule has 0 saturated heterocycles. The maximum Gasteiger partial charge on any atom is 0.213 e. The molecule has 5 nitrogen and oxygen atoms in total. The Bertz CT molecular complexity index is 642. The van der Waals surface area contributed by atoms with Gasteiger partial charge in [0.25, 0.3) is 0 Å². The van der Waals surface area contributed by atoms with Crippen molar-refractivity contribution in [3.05, 3.63) is 41.2 Å². The first-order valence-corrected chi connectivity index (χ1v) is 5.62. The van der Waals surface area contributed by atoms with Gasteiger partial charge in [0.15, 0.2) is 5.78 Å². The molecule has 0 radical (unpaired) electrons. The molecular formula is C13H14N4O. The minimum atomic E-state index is -0.00861. The van der Waals surface area contributed by atoms with Crippen LogP contribution in [0.1, 0.15) is 27.6 Å². The summed E-state index contributed by atoms with van der Waals surface area (Å²) in [7, 11) is 1.93. The highest BCUT2D eigenvalue weighted by molar-refractivity contribution is 5.97. The largest absolute Gasteiger partial charge is 0.351 e. The topological polar surface area (TPSA) is 63.6 Å². The van der Waals surface area contributed by atoms with Crippen LogP contribution in [-0.4, -0.2) is 19.9 Å². The van der Waals surface area contributed by atoms with Crippen LogP contribution < -0.4 is 0 Å². The molecule has 2 rings (SSSR count). The number of nitriles is 1. The van der Waals surface area contributed by atoms with Gasteiger partial charge in [-0.05, 0) is 19.9 Å². The predicted molar refractivity (Wildman–Crippen MR) is 66.2 cm³/mol. The quantitative estimate of drug-likeness (QED) is 0.768. The van der Waals surface area contributed by atoms with E-state index in [0.717, 1.165) is 11.4 Å². The maximum atomic E-state index is 12.2. The number of carbonyl (C=O) groups is 1. The molecule has 0 fully saturated rings. The van der Waals surface area contributed by atoms with Gasteiger partial charge in [-0.1, -0.05) is 0 Å². The number of Topliss-reactive ketones (excluding diaryl/α,β-unsaturated/α-hetero) is 1. The van der Waals surface area contributed by atoms with E-state index in [2.05, 4.69) is 4.98 Å². The number of hydrogen-bond acceptors (Lipinski definition) is 3. The molecule has 0 saturated carbocycles. The maximum absolute atomic E-state index is 12.2. The molecule has 2 heterocycles. The predicted octanol–water partition coefficient (Wildman–Crippen LogP) is 1.59. The van der Waals surface area contributed by atoms with Gasteiger partial charge >= 0.3 is 0 Å². The van der Waals surface area contributed by atoms with Gasteiger partial charge in [0.2, 0.25) is 5.82 Å². The van der Waals surface area contributed by atoms with Crippen LogP contribution >= 0.6 is 0 Å². The molecule has 2 aromatic rings. The van der Waals surface area contributed by atoms with E-state index in [0.29, 0.717) is 5.56 Å². The van der Waals surface area contributed by atoms with Crippen LogP contribution in [0.2, 0.25) is 0 Å². The second-order valence-corrected chi connectivity index (χ2v) is 4.26. The van der Waals surface area contributed by atoms with Crippen molar-refractivity contribution >= 4 is 5.78 Å². The van der Waals surface area contributed by atoms with Crippen LogP contribution in [0.5, 0.6) is 0 Å². The lowest BCUT2D eigenvalue weighted by Gasteiger charge is -2.04. The van der Waals surface area contributed by atoms with Crippen LogP contribution in [0.25, 0.3) is 0 Å². The summed E-state index contributed by atoms with van der Waals surface area (Å²) in [6.45, 7) is 4.02. The van der Waals surface area contributed by atoms with Crippen molar-refractivity contribution < 1.29 is 4.79 Å². The summed E-state index contributed by atoms with van der Waals surface area (Å²) in [6, 6.07) is 3.83. The van der Waals surface area contributed by atoms with Gasteiger partial charge in [0.05, 0.1) is 6.54 Å². The van der Waals surface area contributed by atoms with Gasteiger partial charge in [-0.3, -0.25) is 4.79 Å². The molecule has 0 aliphatic heterocycles. The lowest BCUT2D eigenvalue weighted by Crippen LogP contribution is -2.12. The van der Waals surface area contributed by atoms with Crippen LogP contribution in [0.4, 0.5) is 0 Å². The first-order valence-electron chi connectivity index (χ1n) is 5.62. The normalized spacial score (nSPS) is 10.3. The van der Waals surface area contributed by atoms with E-state index >= 15 is 0 Å². The fraction of sp³-hybridized carbons (Fsp3) is 0.308. The molecule has 0 unspecified atom stereocenters. The average molecular weight is 242 g/mol. The van der Waals surface area contributed by atoms with Gasteiger partial charge in [-0.25, -0.2) is 4.98 Å². The second kappa shape index (κ2) is 4.49. The van der Waals surface area contributed by atoms with Crippen LogP contribution in [-0.2, 0) is 13.6 Å². The minimum absolute atomic E-state index is 0.00861. The van der Waals surface area contributed by atoms with E-state index < -0.39 is 0 Å². The highest BCUT2D eigenvalue weighted by atomic mass is 16.1. The van der Waals surface area contributed by atoms with Gasteiger partial charge in [0, 0.05) is 36.4 Å². The molecule has 0 atom stereocenters. The van der Waals surface area contributed by atoms with E-state index in [1.807, 2.05) is 37.6 Å². The summed E-state index contributed by atoms with van der Waals surface area (Å²) in [5.41, 5.74) is 2.69. The molecule has 0 N–H and O–H groups in total. The number of aryl methyl sites for hydroxylation is 1. The molecule has 0 aliphatic carbocycles. The number of rotatable bonds is 3. The SMILES string of the molecule is Cc1cc(C(=O)Cn2ccnc2C#N)c(C)n1C. The molecule has 2 aromatic heterocycles. The summed E-state index contributed by atoms with van der Waals surface area (Å²) in [4.78, 5) is 16.1. The Labute approximate surface area is 105 Å². The van der Waals surface area contributed by atoms with E-state index in [-0.39, 0.29) is 18.2 Å². The number of hydrogen-bond donors (Lipinski definition) is 0. The Hall–Kier alpha value is -2.35. The Balaban J connectivity index is 2.28. The van der Waals surface area contributed by atoms with E-state index in [1.165, 1.54) is 6.20 Å². The number of aromatic nitrogens is 3. The Kier molecular flexibility index (Phi) is 3.02.